The van der Waals surface area contributed by atoms with Crippen LogP contribution in [0, 0.1) is 5.92 Å². The summed E-state index contributed by atoms with van der Waals surface area (Å²) in [5.41, 5.74) is 7.96. The van der Waals surface area contributed by atoms with Gasteiger partial charge in [-0.3, -0.25) is 4.79 Å². The molecule has 0 heterocycles. The molecule has 5 aromatic rings. The molecule has 6 rings (SSSR count). The molecule has 44 heavy (non-hydrogen) atoms. The predicted octanol–water partition coefficient (Wildman–Crippen LogP) is 8.26. The third-order valence-corrected chi connectivity index (χ3v) is 8.78. The molecule has 0 spiro atoms. The van der Waals surface area contributed by atoms with E-state index in [0.29, 0.717) is 12.1 Å². The normalized spacial score (nSPS) is 15.7. The first kappa shape index (κ1) is 29.1. The zero-order valence-corrected chi connectivity index (χ0v) is 25.1. The Morgan fingerprint density at radius 1 is 0.705 bits per heavy atom. The molecular weight excluding hydrogens is 542 g/mol. The molecule has 1 aliphatic carbocycles. The van der Waals surface area contributed by atoms with Crippen LogP contribution in [0.1, 0.15) is 50.6 Å². The Hall–Kier alpha value is -4.96. The molecule has 0 fully saturated rings. The summed E-state index contributed by atoms with van der Waals surface area (Å²) < 4.78 is 5.08. The molecule has 0 saturated heterocycles. The van der Waals surface area contributed by atoms with E-state index in [9.17, 15) is 9.59 Å². The summed E-state index contributed by atoms with van der Waals surface area (Å²) in [7, 11) is 1.39. The summed E-state index contributed by atoms with van der Waals surface area (Å²) in [5, 5.41) is 0. The lowest BCUT2D eigenvalue weighted by molar-refractivity contribution is -0.135. The third kappa shape index (κ3) is 6.35. The van der Waals surface area contributed by atoms with Gasteiger partial charge in [0, 0.05) is 6.54 Å². The number of amides is 1. The molecule has 4 heteroatoms. The monoisotopic (exact) mass is 579 g/mol. The van der Waals surface area contributed by atoms with Crippen molar-refractivity contribution in [3.8, 4) is 11.1 Å². The number of ether oxygens (including phenoxy) is 1. The van der Waals surface area contributed by atoms with Crippen molar-refractivity contribution >= 4 is 11.9 Å². The second-order valence-electron chi connectivity index (χ2n) is 11.5. The molecule has 4 nitrogen and oxygen atoms in total. The Kier molecular flexibility index (Phi) is 8.98. The zero-order valence-electron chi connectivity index (χ0n) is 25.1. The number of benzene rings is 5. The maximum Gasteiger partial charge on any atom is 0.338 e. The molecule has 0 bridgehead atoms. The van der Waals surface area contributed by atoms with Crippen LogP contribution in [0.15, 0.2) is 133 Å². The van der Waals surface area contributed by atoms with Gasteiger partial charge in [-0.05, 0) is 70.2 Å². The SMILES string of the molecule is COC(=O)c1ccccc1-c1ccccc1CC(=O)N(Cc1ccccc1)C1c2ccccc2CCC1Cc1ccccc1. The average Bonchev–Trinajstić information content (AvgIpc) is 3.08. The number of hydrogen-bond acceptors (Lipinski definition) is 3. The van der Waals surface area contributed by atoms with E-state index in [-0.39, 0.29) is 24.3 Å². The summed E-state index contributed by atoms with van der Waals surface area (Å²) in [5.74, 6) is -0.0538. The van der Waals surface area contributed by atoms with Crippen molar-refractivity contribution in [2.75, 3.05) is 7.11 Å². The van der Waals surface area contributed by atoms with Crippen molar-refractivity contribution in [2.45, 2.75) is 38.3 Å². The smallest absolute Gasteiger partial charge is 0.338 e. The fourth-order valence-corrected chi connectivity index (χ4v) is 6.69. The highest BCUT2D eigenvalue weighted by molar-refractivity contribution is 5.98. The van der Waals surface area contributed by atoms with Crippen molar-refractivity contribution in [3.63, 3.8) is 0 Å². The second-order valence-corrected chi connectivity index (χ2v) is 11.5. The van der Waals surface area contributed by atoms with Gasteiger partial charge >= 0.3 is 5.97 Å². The maximum absolute atomic E-state index is 14.7. The zero-order chi connectivity index (χ0) is 30.3. The lowest BCUT2D eigenvalue weighted by atomic mass is 9.76. The molecule has 1 amide bonds. The lowest BCUT2D eigenvalue weighted by Crippen LogP contribution is -2.42. The van der Waals surface area contributed by atoms with Gasteiger partial charge in [-0.1, -0.05) is 127 Å². The number of nitrogens with zero attached hydrogens (tertiary/aromatic N) is 1. The lowest BCUT2D eigenvalue weighted by Gasteiger charge is -2.42. The minimum atomic E-state index is -0.394. The van der Waals surface area contributed by atoms with Gasteiger partial charge in [0.15, 0.2) is 0 Å². The fourth-order valence-electron chi connectivity index (χ4n) is 6.69. The average molecular weight is 580 g/mol. The van der Waals surface area contributed by atoms with Crippen LogP contribution in [0.25, 0.3) is 11.1 Å². The molecule has 5 aromatic carbocycles. The Labute approximate surface area is 259 Å². The van der Waals surface area contributed by atoms with E-state index >= 15 is 0 Å². The second kappa shape index (κ2) is 13.6. The highest BCUT2D eigenvalue weighted by Crippen LogP contribution is 2.42. The fraction of sp³-hybridized carbons (Fsp3) is 0.200. The van der Waals surface area contributed by atoms with E-state index < -0.39 is 5.97 Å². The van der Waals surface area contributed by atoms with Crippen molar-refractivity contribution in [1.82, 2.24) is 4.90 Å². The quantitative estimate of drug-likeness (QED) is 0.165. The molecule has 2 unspecified atom stereocenters. The van der Waals surface area contributed by atoms with Gasteiger partial charge in [-0.2, -0.15) is 0 Å². The predicted molar refractivity (Wildman–Crippen MR) is 175 cm³/mol. The van der Waals surface area contributed by atoms with Gasteiger partial charge in [0.2, 0.25) is 5.91 Å². The van der Waals surface area contributed by atoms with E-state index in [1.54, 1.807) is 6.07 Å². The first-order valence-electron chi connectivity index (χ1n) is 15.3. The number of methoxy groups -OCH3 is 1. The van der Waals surface area contributed by atoms with Crippen LogP contribution in [0.4, 0.5) is 0 Å². The first-order chi connectivity index (χ1) is 21.6. The van der Waals surface area contributed by atoms with Crippen molar-refractivity contribution in [2.24, 2.45) is 5.92 Å². The van der Waals surface area contributed by atoms with E-state index in [0.717, 1.165) is 41.5 Å². The van der Waals surface area contributed by atoms with Crippen molar-refractivity contribution in [1.29, 1.82) is 0 Å². The Balaban J connectivity index is 1.41. The van der Waals surface area contributed by atoms with Gasteiger partial charge in [-0.15, -0.1) is 0 Å². The summed E-state index contributed by atoms with van der Waals surface area (Å²) in [6.07, 6.45) is 3.14. The summed E-state index contributed by atoms with van der Waals surface area (Å²) in [6.45, 7) is 0.519. The summed E-state index contributed by atoms with van der Waals surface area (Å²) in [4.78, 5) is 29.5. The largest absolute Gasteiger partial charge is 0.465 e. The summed E-state index contributed by atoms with van der Waals surface area (Å²) in [6, 6.07) is 44.8. The van der Waals surface area contributed by atoms with E-state index in [2.05, 4.69) is 71.6 Å². The minimum absolute atomic E-state index is 0.0663. The molecular formula is C40H37NO3. The molecule has 0 aromatic heterocycles. The number of esters is 1. The number of aryl methyl sites for hydroxylation is 1. The van der Waals surface area contributed by atoms with Crippen molar-refractivity contribution < 1.29 is 14.3 Å². The van der Waals surface area contributed by atoms with Gasteiger partial charge in [0.05, 0.1) is 25.1 Å². The third-order valence-electron chi connectivity index (χ3n) is 8.78. The van der Waals surface area contributed by atoms with E-state index in [4.69, 9.17) is 4.74 Å². The number of carbonyl (C=O) groups excluding carboxylic acids is 2. The molecule has 0 aliphatic heterocycles. The van der Waals surface area contributed by atoms with E-state index in [1.165, 1.54) is 23.8 Å². The van der Waals surface area contributed by atoms with Crippen LogP contribution in [-0.4, -0.2) is 23.9 Å². The number of carbonyl (C=O) groups is 2. The van der Waals surface area contributed by atoms with Crippen LogP contribution in [0.5, 0.6) is 0 Å². The molecule has 0 saturated carbocycles. The highest BCUT2D eigenvalue weighted by Gasteiger charge is 2.36. The molecule has 2 atom stereocenters. The number of rotatable bonds is 9. The van der Waals surface area contributed by atoms with Crippen LogP contribution >= 0.6 is 0 Å². The van der Waals surface area contributed by atoms with Crippen LogP contribution in [0.3, 0.4) is 0 Å². The Morgan fingerprint density at radius 2 is 1.32 bits per heavy atom. The van der Waals surface area contributed by atoms with Crippen molar-refractivity contribution in [3.05, 3.63) is 167 Å². The highest BCUT2D eigenvalue weighted by atomic mass is 16.5. The van der Waals surface area contributed by atoms with Gasteiger partial charge in [0.1, 0.15) is 0 Å². The van der Waals surface area contributed by atoms with E-state index in [1.807, 2.05) is 60.7 Å². The molecule has 0 N–H and O–H groups in total. The maximum atomic E-state index is 14.7. The van der Waals surface area contributed by atoms with Crippen LogP contribution in [-0.2, 0) is 35.3 Å². The first-order valence-corrected chi connectivity index (χ1v) is 15.3. The van der Waals surface area contributed by atoms with Gasteiger partial charge in [0.25, 0.3) is 0 Å². The molecule has 1 aliphatic rings. The van der Waals surface area contributed by atoms with Crippen LogP contribution in [0.2, 0.25) is 0 Å². The van der Waals surface area contributed by atoms with Crippen LogP contribution < -0.4 is 0 Å². The van der Waals surface area contributed by atoms with Gasteiger partial charge < -0.3 is 9.64 Å². The summed E-state index contributed by atoms with van der Waals surface area (Å²) >= 11 is 0. The topological polar surface area (TPSA) is 46.6 Å². The molecule has 220 valence electrons. The molecule has 0 radical (unpaired) electrons. The number of fused-ring (bicyclic) bond motifs is 1. The Bertz CT molecular complexity index is 1730. The van der Waals surface area contributed by atoms with Gasteiger partial charge in [-0.25, -0.2) is 4.79 Å². The Morgan fingerprint density at radius 3 is 2.07 bits per heavy atom. The standard InChI is InChI=1S/C40H37NO3/c1-44-40(43)37-23-13-12-22-36(37)34-20-10-9-19-32(34)27-38(42)41(28-30-16-6-3-7-17-30)39-33(26-29-14-4-2-5-15-29)25-24-31-18-8-11-21-35(31)39/h2-23,33,39H,24-28H2,1H3. The number of hydrogen-bond donors (Lipinski definition) is 0. The minimum Gasteiger partial charge on any atom is -0.465 e.